The van der Waals surface area contributed by atoms with Gasteiger partial charge in [0, 0.05) is 13.6 Å². The highest BCUT2D eigenvalue weighted by atomic mass is 35.5. The molecular formula is C15H18ClFN2O3. The maximum atomic E-state index is 13.1. The minimum absolute atomic E-state index is 0.0116. The van der Waals surface area contributed by atoms with Gasteiger partial charge in [-0.1, -0.05) is 17.7 Å². The van der Waals surface area contributed by atoms with Gasteiger partial charge in [-0.2, -0.15) is 0 Å². The molecule has 0 aromatic heterocycles. The van der Waals surface area contributed by atoms with Crippen molar-refractivity contribution in [3.05, 3.63) is 34.6 Å². The number of nitrogens with one attached hydrogen (secondary N) is 1. The van der Waals surface area contributed by atoms with Gasteiger partial charge in [0.15, 0.2) is 5.60 Å². The third-order valence-electron chi connectivity index (χ3n) is 3.67. The van der Waals surface area contributed by atoms with Crippen molar-refractivity contribution >= 4 is 23.4 Å². The van der Waals surface area contributed by atoms with Crippen LogP contribution in [-0.2, 0) is 20.7 Å². The number of amides is 2. The SMILES string of the molecule is CNC(=O)[C@@]1(C)CN(C(=O)Cc2ccc(F)c(Cl)c2)CCO1. The fourth-order valence-electron chi connectivity index (χ4n) is 2.42. The minimum Gasteiger partial charge on any atom is -0.362 e. The van der Waals surface area contributed by atoms with Crippen LogP contribution in [0, 0.1) is 5.82 Å². The van der Waals surface area contributed by atoms with E-state index < -0.39 is 11.4 Å². The van der Waals surface area contributed by atoms with Gasteiger partial charge in [-0.15, -0.1) is 0 Å². The molecule has 1 aromatic rings. The van der Waals surface area contributed by atoms with Gasteiger partial charge < -0.3 is 15.0 Å². The lowest BCUT2D eigenvalue weighted by Crippen LogP contribution is -2.59. The van der Waals surface area contributed by atoms with Crippen molar-refractivity contribution in [1.29, 1.82) is 0 Å². The Morgan fingerprint density at radius 1 is 1.50 bits per heavy atom. The molecular weight excluding hydrogens is 311 g/mol. The summed E-state index contributed by atoms with van der Waals surface area (Å²) < 4.78 is 18.6. The molecule has 7 heteroatoms. The van der Waals surface area contributed by atoms with Gasteiger partial charge in [0.2, 0.25) is 5.91 Å². The fourth-order valence-corrected chi connectivity index (χ4v) is 2.62. The summed E-state index contributed by atoms with van der Waals surface area (Å²) in [6, 6.07) is 4.20. The van der Waals surface area contributed by atoms with Crippen molar-refractivity contribution in [1.82, 2.24) is 10.2 Å². The van der Waals surface area contributed by atoms with Gasteiger partial charge in [-0.3, -0.25) is 9.59 Å². The molecule has 0 spiro atoms. The predicted octanol–water partition coefficient (Wildman–Crippen LogP) is 1.39. The quantitative estimate of drug-likeness (QED) is 0.912. The second-order valence-corrected chi connectivity index (χ2v) is 5.81. The smallest absolute Gasteiger partial charge is 0.253 e. The first-order valence-corrected chi connectivity index (χ1v) is 7.31. The van der Waals surface area contributed by atoms with E-state index in [1.807, 2.05) is 0 Å². The number of morpholine rings is 1. The van der Waals surface area contributed by atoms with E-state index in [1.165, 1.54) is 25.2 Å². The van der Waals surface area contributed by atoms with Crippen LogP contribution in [0.5, 0.6) is 0 Å². The summed E-state index contributed by atoms with van der Waals surface area (Å²) in [5.41, 5.74) is -0.423. The summed E-state index contributed by atoms with van der Waals surface area (Å²) in [7, 11) is 1.53. The topological polar surface area (TPSA) is 58.6 Å². The molecule has 5 nitrogen and oxygen atoms in total. The number of rotatable bonds is 3. The monoisotopic (exact) mass is 328 g/mol. The first-order chi connectivity index (χ1) is 10.4. The Bertz CT molecular complexity index is 596. The number of benzene rings is 1. The van der Waals surface area contributed by atoms with E-state index in [0.717, 1.165) is 0 Å². The number of halogens is 2. The highest BCUT2D eigenvalue weighted by molar-refractivity contribution is 6.30. The molecule has 120 valence electrons. The third kappa shape index (κ3) is 3.56. The number of hydrogen-bond acceptors (Lipinski definition) is 3. The zero-order chi connectivity index (χ0) is 16.3. The first-order valence-electron chi connectivity index (χ1n) is 6.93. The fraction of sp³-hybridized carbons (Fsp3) is 0.467. The van der Waals surface area contributed by atoms with Crippen molar-refractivity contribution in [2.45, 2.75) is 18.9 Å². The number of ether oxygens (including phenoxy) is 1. The van der Waals surface area contributed by atoms with Crippen LogP contribution in [0.2, 0.25) is 5.02 Å². The maximum absolute atomic E-state index is 13.1. The molecule has 1 atom stereocenters. The maximum Gasteiger partial charge on any atom is 0.253 e. The standard InChI is InChI=1S/C15H18ClFN2O3/c1-15(14(21)18-2)9-19(5-6-22-15)13(20)8-10-3-4-12(17)11(16)7-10/h3-4,7H,5-6,8-9H2,1-2H3,(H,18,21)/t15-/m1/s1. The first kappa shape index (κ1) is 16.7. The molecule has 0 bridgehead atoms. The van der Waals surface area contributed by atoms with Gasteiger partial charge in [-0.25, -0.2) is 4.39 Å². The van der Waals surface area contributed by atoms with Crippen molar-refractivity contribution in [2.75, 3.05) is 26.7 Å². The van der Waals surface area contributed by atoms with Crippen LogP contribution < -0.4 is 5.32 Å². The molecule has 1 saturated heterocycles. The van der Waals surface area contributed by atoms with E-state index in [-0.39, 0.29) is 29.8 Å². The molecule has 1 aromatic carbocycles. The second-order valence-electron chi connectivity index (χ2n) is 5.40. The molecule has 22 heavy (non-hydrogen) atoms. The van der Waals surface area contributed by atoms with E-state index in [4.69, 9.17) is 16.3 Å². The molecule has 0 unspecified atom stereocenters. The van der Waals surface area contributed by atoms with Crippen molar-refractivity contribution in [2.24, 2.45) is 0 Å². The van der Waals surface area contributed by atoms with Crippen LogP contribution in [0.3, 0.4) is 0 Å². The zero-order valence-corrected chi connectivity index (χ0v) is 13.2. The molecule has 2 amide bonds. The Kier molecular flexibility index (Phi) is 5.03. The highest BCUT2D eigenvalue weighted by Crippen LogP contribution is 2.20. The van der Waals surface area contributed by atoms with Gasteiger partial charge in [0.1, 0.15) is 5.82 Å². The van der Waals surface area contributed by atoms with E-state index >= 15 is 0 Å². The lowest BCUT2D eigenvalue weighted by Gasteiger charge is -2.39. The highest BCUT2D eigenvalue weighted by Gasteiger charge is 2.40. The summed E-state index contributed by atoms with van der Waals surface area (Å²) >= 11 is 5.72. The lowest BCUT2D eigenvalue weighted by atomic mass is 10.0. The van der Waals surface area contributed by atoms with Crippen molar-refractivity contribution < 1.29 is 18.7 Å². The summed E-state index contributed by atoms with van der Waals surface area (Å²) in [5.74, 6) is -0.938. The van der Waals surface area contributed by atoms with Crippen molar-refractivity contribution in [3.8, 4) is 0 Å². The van der Waals surface area contributed by atoms with Crippen LogP contribution in [0.15, 0.2) is 18.2 Å². The van der Waals surface area contributed by atoms with Gasteiger partial charge in [-0.05, 0) is 24.6 Å². The molecule has 0 radical (unpaired) electrons. The Labute approximate surface area is 133 Å². The number of nitrogens with zero attached hydrogens (tertiary/aromatic N) is 1. The molecule has 0 saturated carbocycles. The molecule has 1 heterocycles. The largest absolute Gasteiger partial charge is 0.362 e. The Hall–Kier alpha value is -1.66. The number of hydrogen-bond donors (Lipinski definition) is 1. The summed E-state index contributed by atoms with van der Waals surface area (Å²) in [6.45, 7) is 2.54. The molecule has 0 aliphatic carbocycles. The van der Waals surface area contributed by atoms with E-state index in [2.05, 4.69) is 5.32 Å². The van der Waals surface area contributed by atoms with Crippen molar-refractivity contribution in [3.63, 3.8) is 0 Å². The Morgan fingerprint density at radius 3 is 2.86 bits per heavy atom. The zero-order valence-electron chi connectivity index (χ0n) is 12.5. The number of carbonyl (C=O) groups excluding carboxylic acids is 2. The van der Waals surface area contributed by atoms with Crippen LogP contribution in [-0.4, -0.2) is 49.1 Å². The molecule has 1 aliphatic rings. The predicted molar refractivity (Wildman–Crippen MR) is 80.1 cm³/mol. The summed E-state index contributed by atoms with van der Waals surface area (Å²) in [6.07, 6.45) is 0.101. The minimum atomic E-state index is -1.05. The average molecular weight is 329 g/mol. The molecule has 1 fully saturated rings. The van der Waals surface area contributed by atoms with Crippen LogP contribution in [0.4, 0.5) is 4.39 Å². The molecule has 1 aliphatic heterocycles. The number of likely N-dealkylation sites (N-methyl/N-ethyl adjacent to an activating group) is 1. The third-order valence-corrected chi connectivity index (χ3v) is 3.96. The van der Waals surface area contributed by atoms with Gasteiger partial charge in [0.25, 0.3) is 5.91 Å². The van der Waals surface area contributed by atoms with Crippen LogP contribution in [0.1, 0.15) is 12.5 Å². The van der Waals surface area contributed by atoms with E-state index in [0.29, 0.717) is 18.7 Å². The normalized spacial score (nSPS) is 21.5. The average Bonchev–Trinajstić information content (AvgIpc) is 2.50. The summed E-state index contributed by atoms with van der Waals surface area (Å²) in [5, 5.41) is 2.53. The lowest BCUT2D eigenvalue weighted by molar-refractivity contribution is -0.162. The van der Waals surface area contributed by atoms with Crippen LogP contribution >= 0.6 is 11.6 Å². The Morgan fingerprint density at radius 2 is 2.23 bits per heavy atom. The second kappa shape index (κ2) is 6.62. The molecule has 2 rings (SSSR count). The Balaban J connectivity index is 2.06. The van der Waals surface area contributed by atoms with E-state index in [9.17, 15) is 14.0 Å². The van der Waals surface area contributed by atoms with Gasteiger partial charge in [0.05, 0.1) is 24.6 Å². The van der Waals surface area contributed by atoms with Gasteiger partial charge >= 0.3 is 0 Å². The van der Waals surface area contributed by atoms with E-state index in [1.54, 1.807) is 11.8 Å². The van der Waals surface area contributed by atoms with Crippen LogP contribution in [0.25, 0.3) is 0 Å². The number of carbonyl (C=O) groups is 2. The molecule has 1 N–H and O–H groups in total. The summed E-state index contributed by atoms with van der Waals surface area (Å²) in [4.78, 5) is 25.8.